The summed E-state index contributed by atoms with van der Waals surface area (Å²) in [7, 11) is 0. The SMILES string of the molecule is CCNC(=O)[C@H](C)Sc1nc2ccccc2c(=O)n1CCC1=CCCCC1. The van der Waals surface area contributed by atoms with Crippen LogP contribution in [0.3, 0.4) is 0 Å². The summed E-state index contributed by atoms with van der Waals surface area (Å²) in [5.74, 6) is -0.0357. The third kappa shape index (κ3) is 4.80. The van der Waals surface area contributed by atoms with Gasteiger partial charge in [0.25, 0.3) is 5.56 Å². The fourth-order valence-electron chi connectivity index (χ4n) is 3.35. The lowest BCUT2D eigenvalue weighted by Crippen LogP contribution is -2.32. The number of allylic oxidation sites excluding steroid dienone is 2. The van der Waals surface area contributed by atoms with Crippen LogP contribution in [0.5, 0.6) is 0 Å². The number of nitrogens with zero attached hydrogens (tertiary/aromatic N) is 2. The van der Waals surface area contributed by atoms with Gasteiger partial charge in [0.2, 0.25) is 5.91 Å². The van der Waals surface area contributed by atoms with Crippen molar-refractivity contribution in [3.63, 3.8) is 0 Å². The third-order valence-electron chi connectivity index (χ3n) is 4.87. The van der Waals surface area contributed by atoms with E-state index in [9.17, 15) is 9.59 Å². The molecule has 6 heteroatoms. The molecule has 0 radical (unpaired) electrons. The molecule has 144 valence electrons. The Morgan fingerprint density at radius 2 is 2.15 bits per heavy atom. The minimum atomic E-state index is -0.307. The first-order valence-electron chi connectivity index (χ1n) is 9.72. The van der Waals surface area contributed by atoms with Gasteiger partial charge in [-0.3, -0.25) is 14.2 Å². The molecule has 3 rings (SSSR count). The number of aromatic nitrogens is 2. The first kappa shape index (κ1) is 19.7. The fourth-order valence-corrected chi connectivity index (χ4v) is 4.31. The van der Waals surface area contributed by atoms with Crippen LogP contribution in [0.25, 0.3) is 10.9 Å². The smallest absolute Gasteiger partial charge is 0.262 e. The van der Waals surface area contributed by atoms with E-state index in [1.54, 1.807) is 4.57 Å². The second-order valence-electron chi connectivity index (χ2n) is 6.88. The maximum atomic E-state index is 13.1. The lowest BCUT2D eigenvalue weighted by molar-refractivity contribution is -0.120. The first-order chi connectivity index (χ1) is 13.1. The van der Waals surface area contributed by atoms with Crippen LogP contribution in [0, 0.1) is 0 Å². The Bertz CT molecular complexity index is 904. The standard InChI is InChI=1S/C21H27N3O2S/c1-3-22-19(25)15(2)27-21-23-18-12-8-7-11-17(18)20(26)24(21)14-13-16-9-5-4-6-10-16/h7-9,11-12,15H,3-6,10,13-14H2,1-2H3,(H,22,25)/t15-/m0/s1. The second-order valence-corrected chi connectivity index (χ2v) is 8.19. The van der Waals surface area contributed by atoms with Crippen molar-refractivity contribution in [2.24, 2.45) is 0 Å². The van der Waals surface area contributed by atoms with Crippen molar-refractivity contribution in [1.82, 2.24) is 14.9 Å². The molecular formula is C21H27N3O2S. The maximum Gasteiger partial charge on any atom is 0.262 e. The maximum absolute atomic E-state index is 13.1. The van der Waals surface area contributed by atoms with Gasteiger partial charge in [0.05, 0.1) is 16.2 Å². The Balaban J connectivity index is 1.92. The molecule has 1 atom stereocenters. The lowest BCUT2D eigenvalue weighted by Gasteiger charge is -2.18. The Kier molecular flexibility index (Phi) is 6.72. The minimum absolute atomic E-state index is 0.0254. The number of thioether (sulfide) groups is 1. The van der Waals surface area contributed by atoms with Crippen LogP contribution in [-0.2, 0) is 11.3 Å². The zero-order chi connectivity index (χ0) is 19.2. The van der Waals surface area contributed by atoms with Crippen molar-refractivity contribution in [2.45, 2.75) is 62.9 Å². The van der Waals surface area contributed by atoms with Gasteiger partial charge < -0.3 is 5.32 Å². The summed E-state index contributed by atoms with van der Waals surface area (Å²) in [6, 6.07) is 7.42. The summed E-state index contributed by atoms with van der Waals surface area (Å²) in [6.45, 7) is 4.95. The van der Waals surface area contributed by atoms with Gasteiger partial charge in [0, 0.05) is 13.1 Å². The van der Waals surface area contributed by atoms with Crippen molar-refractivity contribution in [1.29, 1.82) is 0 Å². The van der Waals surface area contributed by atoms with Crippen molar-refractivity contribution in [3.8, 4) is 0 Å². The molecule has 0 aliphatic heterocycles. The highest BCUT2D eigenvalue weighted by Crippen LogP contribution is 2.25. The first-order valence-corrected chi connectivity index (χ1v) is 10.6. The monoisotopic (exact) mass is 385 g/mol. The van der Waals surface area contributed by atoms with Crippen LogP contribution >= 0.6 is 11.8 Å². The number of carbonyl (C=O) groups excluding carboxylic acids is 1. The van der Waals surface area contributed by atoms with E-state index >= 15 is 0 Å². The van der Waals surface area contributed by atoms with Gasteiger partial charge in [0.15, 0.2) is 5.16 Å². The molecule has 27 heavy (non-hydrogen) atoms. The minimum Gasteiger partial charge on any atom is -0.355 e. The van der Waals surface area contributed by atoms with E-state index in [-0.39, 0.29) is 16.7 Å². The molecule has 1 amide bonds. The topological polar surface area (TPSA) is 64.0 Å². The Labute approximate surface area is 164 Å². The zero-order valence-electron chi connectivity index (χ0n) is 16.0. The average Bonchev–Trinajstić information content (AvgIpc) is 2.68. The molecule has 1 aromatic heterocycles. The summed E-state index contributed by atoms with van der Waals surface area (Å²) in [5, 5.41) is 3.78. The zero-order valence-corrected chi connectivity index (χ0v) is 16.8. The summed E-state index contributed by atoms with van der Waals surface area (Å²) < 4.78 is 1.75. The van der Waals surface area contributed by atoms with Gasteiger partial charge in [-0.15, -0.1) is 0 Å². The van der Waals surface area contributed by atoms with Crippen LogP contribution in [0.1, 0.15) is 46.0 Å². The number of para-hydroxylation sites is 1. The highest BCUT2D eigenvalue weighted by molar-refractivity contribution is 8.00. The summed E-state index contributed by atoms with van der Waals surface area (Å²) in [6.07, 6.45) is 7.92. The molecule has 1 N–H and O–H groups in total. The molecule has 0 bridgehead atoms. The molecule has 5 nitrogen and oxygen atoms in total. The Morgan fingerprint density at radius 3 is 2.89 bits per heavy atom. The van der Waals surface area contributed by atoms with E-state index in [0.717, 1.165) is 19.3 Å². The predicted octanol–water partition coefficient (Wildman–Crippen LogP) is 3.90. The van der Waals surface area contributed by atoms with E-state index in [4.69, 9.17) is 4.98 Å². The van der Waals surface area contributed by atoms with Gasteiger partial charge in [0.1, 0.15) is 0 Å². The number of carbonyl (C=O) groups is 1. The van der Waals surface area contributed by atoms with Gasteiger partial charge in [-0.25, -0.2) is 4.98 Å². The number of hydrogen-bond acceptors (Lipinski definition) is 4. The van der Waals surface area contributed by atoms with E-state index in [2.05, 4.69) is 11.4 Å². The summed E-state index contributed by atoms with van der Waals surface area (Å²) in [4.78, 5) is 30.0. The van der Waals surface area contributed by atoms with Crippen LogP contribution in [0.4, 0.5) is 0 Å². The van der Waals surface area contributed by atoms with Crippen molar-refractivity contribution < 1.29 is 4.79 Å². The Morgan fingerprint density at radius 1 is 1.33 bits per heavy atom. The fraction of sp³-hybridized carbons (Fsp3) is 0.476. The molecule has 0 fully saturated rings. The van der Waals surface area contributed by atoms with E-state index in [0.29, 0.717) is 29.1 Å². The largest absolute Gasteiger partial charge is 0.355 e. The summed E-state index contributed by atoms with van der Waals surface area (Å²) in [5.41, 5.74) is 2.08. The van der Waals surface area contributed by atoms with E-state index < -0.39 is 0 Å². The molecular weight excluding hydrogens is 358 g/mol. The van der Waals surface area contributed by atoms with E-state index in [1.807, 2.05) is 38.1 Å². The average molecular weight is 386 g/mol. The van der Waals surface area contributed by atoms with Crippen molar-refractivity contribution in [2.75, 3.05) is 6.54 Å². The van der Waals surface area contributed by atoms with Crippen LogP contribution in [0.15, 0.2) is 45.9 Å². The van der Waals surface area contributed by atoms with E-state index in [1.165, 1.54) is 30.2 Å². The van der Waals surface area contributed by atoms with Crippen LogP contribution in [-0.4, -0.2) is 27.3 Å². The van der Waals surface area contributed by atoms with Crippen LogP contribution < -0.4 is 10.9 Å². The molecule has 0 unspecified atom stereocenters. The third-order valence-corrected chi connectivity index (χ3v) is 5.96. The number of hydrogen-bond donors (Lipinski definition) is 1. The van der Waals surface area contributed by atoms with Crippen molar-refractivity contribution in [3.05, 3.63) is 46.3 Å². The molecule has 2 aromatic rings. The molecule has 0 saturated carbocycles. The summed E-state index contributed by atoms with van der Waals surface area (Å²) >= 11 is 1.35. The molecule has 0 spiro atoms. The molecule has 1 aliphatic carbocycles. The quantitative estimate of drug-likeness (QED) is 0.446. The number of amides is 1. The highest BCUT2D eigenvalue weighted by Gasteiger charge is 2.19. The number of benzene rings is 1. The van der Waals surface area contributed by atoms with Gasteiger partial charge in [-0.1, -0.05) is 35.5 Å². The number of rotatable bonds is 7. The number of nitrogens with one attached hydrogen (secondary N) is 1. The molecule has 1 heterocycles. The van der Waals surface area contributed by atoms with Gasteiger partial charge in [-0.05, 0) is 58.1 Å². The molecule has 1 aromatic carbocycles. The normalized spacial score (nSPS) is 15.4. The van der Waals surface area contributed by atoms with Gasteiger partial charge in [-0.2, -0.15) is 0 Å². The Hall–Kier alpha value is -2.08. The predicted molar refractivity (Wildman–Crippen MR) is 111 cm³/mol. The van der Waals surface area contributed by atoms with Gasteiger partial charge >= 0.3 is 0 Å². The highest BCUT2D eigenvalue weighted by atomic mass is 32.2. The lowest BCUT2D eigenvalue weighted by atomic mass is 9.97. The van der Waals surface area contributed by atoms with Crippen LogP contribution in [0.2, 0.25) is 0 Å². The molecule has 0 saturated heterocycles. The molecule has 1 aliphatic rings. The van der Waals surface area contributed by atoms with Crippen molar-refractivity contribution >= 4 is 28.6 Å². The second kappa shape index (κ2) is 9.22. The number of fused-ring (bicyclic) bond motifs is 1.